The minimum absolute atomic E-state index is 0.0526. The average Bonchev–Trinajstić information content (AvgIpc) is 2.97. The summed E-state index contributed by atoms with van der Waals surface area (Å²) in [6, 6.07) is 6.75. The van der Waals surface area contributed by atoms with Crippen LogP contribution in [0.1, 0.15) is 28.4 Å². The summed E-state index contributed by atoms with van der Waals surface area (Å²) in [6.45, 7) is 1.14. The number of hydrogen-bond acceptors (Lipinski definition) is 3. The maximum Gasteiger partial charge on any atom is 0.274 e. The Bertz CT molecular complexity index is 618. The van der Waals surface area contributed by atoms with Crippen molar-refractivity contribution in [1.82, 2.24) is 14.9 Å². The van der Waals surface area contributed by atoms with Crippen LogP contribution >= 0.6 is 0 Å². The Morgan fingerprint density at radius 2 is 2.15 bits per heavy atom. The van der Waals surface area contributed by atoms with Crippen LogP contribution in [-0.4, -0.2) is 33.9 Å². The molecule has 1 aliphatic heterocycles. The van der Waals surface area contributed by atoms with Crippen LogP contribution in [0.4, 0.5) is 4.39 Å². The first-order valence-corrected chi connectivity index (χ1v) is 6.55. The zero-order valence-electron chi connectivity index (χ0n) is 10.9. The summed E-state index contributed by atoms with van der Waals surface area (Å²) in [5.41, 5.74) is 1.02. The monoisotopic (exact) mass is 271 g/mol. The summed E-state index contributed by atoms with van der Waals surface area (Å²) in [6.07, 6.45) is 5.26. The largest absolute Gasteiger partial charge is 0.337 e. The highest BCUT2D eigenvalue weighted by Crippen LogP contribution is 2.29. The minimum Gasteiger partial charge on any atom is -0.337 e. The molecular weight excluding hydrogens is 257 g/mol. The summed E-state index contributed by atoms with van der Waals surface area (Å²) in [4.78, 5) is 21.9. The second-order valence-electron chi connectivity index (χ2n) is 4.85. The third-order valence-electron chi connectivity index (χ3n) is 3.60. The van der Waals surface area contributed by atoms with Gasteiger partial charge in [-0.1, -0.05) is 18.2 Å². The molecule has 1 saturated heterocycles. The van der Waals surface area contributed by atoms with Gasteiger partial charge in [-0.05, 0) is 18.1 Å². The Hall–Kier alpha value is -2.30. The van der Waals surface area contributed by atoms with E-state index in [1.54, 1.807) is 17.0 Å². The van der Waals surface area contributed by atoms with E-state index < -0.39 is 0 Å². The van der Waals surface area contributed by atoms with E-state index in [1.165, 1.54) is 24.7 Å². The molecule has 2 heterocycles. The molecule has 0 bridgehead atoms. The molecule has 2 aromatic rings. The maximum absolute atomic E-state index is 13.8. The van der Waals surface area contributed by atoms with Crippen molar-refractivity contribution in [2.75, 3.05) is 13.1 Å². The highest BCUT2D eigenvalue weighted by molar-refractivity contribution is 5.92. The number of hydrogen-bond donors (Lipinski definition) is 0. The first-order valence-electron chi connectivity index (χ1n) is 6.55. The van der Waals surface area contributed by atoms with Gasteiger partial charge in [0.25, 0.3) is 5.91 Å². The second-order valence-corrected chi connectivity index (χ2v) is 4.85. The molecule has 5 heteroatoms. The van der Waals surface area contributed by atoms with Crippen molar-refractivity contribution >= 4 is 5.91 Å². The lowest BCUT2D eigenvalue weighted by Gasteiger charge is -2.16. The smallest absolute Gasteiger partial charge is 0.274 e. The molecule has 0 spiro atoms. The number of carbonyl (C=O) groups is 1. The van der Waals surface area contributed by atoms with Crippen LogP contribution in [0.5, 0.6) is 0 Å². The highest BCUT2D eigenvalue weighted by Gasteiger charge is 2.29. The molecule has 20 heavy (non-hydrogen) atoms. The van der Waals surface area contributed by atoms with E-state index in [0.717, 1.165) is 6.42 Å². The molecule has 0 saturated carbocycles. The van der Waals surface area contributed by atoms with Gasteiger partial charge in [-0.25, -0.2) is 9.37 Å². The molecule has 0 N–H and O–H groups in total. The Labute approximate surface area is 116 Å². The molecule has 0 aliphatic carbocycles. The third-order valence-corrected chi connectivity index (χ3v) is 3.60. The van der Waals surface area contributed by atoms with E-state index in [0.29, 0.717) is 24.3 Å². The Morgan fingerprint density at radius 1 is 1.30 bits per heavy atom. The van der Waals surface area contributed by atoms with Gasteiger partial charge >= 0.3 is 0 Å². The Balaban J connectivity index is 1.74. The fourth-order valence-corrected chi connectivity index (χ4v) is 2.58. The highest BCUT2D eigenvalue weighted by atomic mass is 19.1. The number of rotatable bonds is 2. The van der Waals surface area contributed by atoms with Gasteiger partial charge < -0.3 is 4.90 Å². The second kappa shape index (κ2) is 5.36. The fourth-order valence-electron chi connectivity index (χ4n) is 2.58. The number of likely N-dealkylation sites (tertiary alicyclic amines) is 1. The maximum atomic E-state index is 13.8. The molecule has 1 amide bonds. The van der Waals surface area contributed by atoms with Crippen LogP contribution in [0.15, 0.2) is 42.9 Å². The van der Waals surface area contributed by atoms with Crippen molar-refractivity contribution < 1.29 is 9.18 Å². The van der Waals surface area contributed by atoms with E-state index in [4.69, 9.17) is 0 Å². The first-order chi connectivity index (χ1) is 9.75. The molecule has 1 fully saturated rings. The molecule has 1 aromatic heterocycles. The number of nitrogens with zero attached hydrogens (tertiary/aromatic N) is 3. The molecular formula is C15H14FN3O. The van der Waals surface area contributed by atoms with Crippen molar-refractivity contribution in [1.29, 1.82) is 0 Å². The fraction of sp³-hybridized carbons (Fsp3) is 0.267. The normalized spacial score (nSPS) is 18.2. The van der Waals surface area contributed by atoms with Crippen molar-refractivity contribution in [3.05, 3.63) is 59.9 Å². The van der Waals surface area contributed by atoms with E-state index in [1.807, 2.05) is 6.07 Å². The zero-order chi connectivity index (χ0) is 13.9. The van der Waals surface area contributed by atoms with Crippen LogP contribution in [0.2, 0.25) is 0 Å². The van der Waals surface area contributed by atoms with Crippen LogP contribution in [0.3, 0.4) is 0 Å². The topological polar surface area (TPSA) is 46.1 Å². The quantitative estimate of drug-likeness (QED) is 0.841. The van der Waals surface area contributed by atoms with E-state index in [-0.39, 0.29) is 17.6 Å². The van der Waals surface area contributed by atoms with Gasteiger partial charge in [-0.3, -0.25) is 9.78 Å². The standard InChI is InChI=1S/C15H14FN3O/c16-13-4-2-1-3-12(13)11-5-8-19(10-11)15(20)14-9-17-6-7-18-14/h1-4,6-7,9,11H,5,8,10H2/t11-/m1/s1. The lowest BCUT2D eigenvalue weighted by Crippen LogP contribution is -2.29. The van der Waals surface area contributed by atoms with Crippen LogP contribution in [0, 0.1) is 5.82 Å². The van der Waals surface area contributed by atoms with Crippen molar-refractivity contribution in [2.24, 2.45) is 0 Å². The van der Waals surface area contributed by atoms with Gasteiger partial charge in [-0.2, -0.15) is 0 Å². The lowest BCUT2D eigenvalue weighted by atomic mass is 9.98. The molecule has 0 unspecified atom stereocenters. The molecule has 1 aliphatic rings. The molecule has 1 aromatic carbocycles. The summed E-state index contributed by atoms with van der Waals surface area (Å²) in [5, 5.41) is 0. The van der Waals surface area contributed by atoms with E-state index in [2.05, 4.69) is 9.97 Å². The van der Waals surface area contributed by atoms with Crippen molar-refractivity contribution in [3.63, 3.8) is 0 Å². The number of amides is 1. The predicted octanol–water partition coefficient (Wildman–Crippen LogP) is 2.25. The van der Waals surface area contributed by atoms with Gasteiger partial charge in [0.2, 0.25) is 0 Å². The van der Waals surface area contributed by atoms with Crippen molar-refractivity contribution in [2.45, 2.75) is 12.3 Å². The third kappa shape index (κ3) is 2.39. The summed E-state index contributed by atoms with van der Waals surface area (Å²) >= 11 is 0. The van der Waals surface area contributed by atoms with Gasteiger partial charge in [0.1, 0.15) is 11.5 Å². The Morgan fingerprint density at radius 3 is 2.90 bits per heavy atom. The molecule has 1 atom stereocenters. The van der Waals surface area contributed by atoms with Gasteiger partial charge in [0.15, 0.2) is 0 Å². The number of carbonyl (C=O) groups excluding carboxylic acids is 1. The van der Waals surface area contributed by atoms with Gasteiger partial charge in [0.05, 0.1) is 6.20 Å². The van der Waals surface area contributed by atoms with Crippen LogP contribution in [-0.2, 0) is 0 Å². The van der Waals surface area contributed by atoms with E-state index in [9.17, 15) is 9.18 Å². The molecule has 102 valence electrons. The zero-order valence-corrected chi connectivity index (χ0v) is 10.9. The lowest BCUT2D eigenvalue weighted by molar-refractivity contribution is 0.0784. The Kier molecular flexibility index (Phi) is 3.41. The average molecular weight is 271 g/mol. The number of aromatic nitrogens is 2. The number of benzene rings is 1. The SMILES string of the molecule is O=C(c1cnccn1)N1CC[C@@H](c2ccccc2F)C1. The van der Waals surface area contributed by atoms with Gasteiger partial charge in [0, 0.05) is 31.4 Å². The van der Waals surface area contributed by atoms with Gasteiger partial charge in [-0.15, -0.1) is 0 Å². The van der Waals surface area contributed by atoms with Crippen molar-refractivity contribution in [3.8, 4) is 0 Å². The molecule has 4 nitrogen and oxygen atoms in total. The van der Waals surface area contributed by atoms with Crippen LogP contribution in [0.25, 0.3) is 0 Å². The summed E-state index contributed by atoms with van der Waals surface area (Å²) < 4.78 is 13.8. The molecule has 0 radical (unpaired) electrons. The predicted molar refractivity (Wildman–Crippen MR) is 71.7 cm³/mol. The van der Waals surface area contributed by atoms with Crippen LogP contribution < -0.4 is 0 Å². The van der Waals surface area contributed by atoms with E-state index >= 15 is 0 Å². The minimum atomic E-state index is -0.202. The summed E-state index contributed by atoms with van der Waals surface area (Å²) in [5.74, 6) is -0.292. The first kappa shape index (κ1) is 12.7. The summed E-state index contributed by atoms with van der Waals surface area (Å²) in [7, 11) is 0. The molecule has 3 rings (SSSR count). The number of halogens is 1.